The molecule has 0 aromatic rings. The zero-order valence-corrected chi connectivity index (χ0v) is 6.88. The maximum atomic E-state index is 9.69. The lowest BCUT2D eigenvalue weighted by Gasteiger charge is -2.16. The zero-order valence-electron chi connectivity index (χ0n) is 6.88. The van der Waals surface area contributed by atoms with E-state index >= 15 is 0 Å². The van der Waals surface area contributed by atoms with Crippen LogP contribution in [0.25, 0.3) is 0 Å². The van der Waals surface area contributed by atoms with Crippen molar-refractivity contribution in [2.24, 2.45) is 0 Å². The van der Waals surface area contributed by atoms with Crippen LogP contribution < -0.4 is 5.53 Å². The van der Waals surface area contributed by atoms with Gasteiger partial charge in [0.25, 0.3) is 0 Å². The third-order valence-corrected chi connectivity index (χ3v) is 0.382. The van der Waals surface area contributed by atoms with E-state index < -0.39 is 10.1 Å². The van der Waals surface area contributed by atoms with Gasteiger partial charge in [-0.2, -0.15) is 4.59 Å². The Balaban J connectivity index is 0. The van der Waals surface area contributed by atoms with Crippen molar-refractivity contribution in [3.63, 3.8) is 0 Å². The zero-order chi connectivity index (χ0) is 10.4. The molecule has 9 heteroatoms. The number of nitrogens with zero attached hydrogens (tertiary/aromatic N) is 3. The topological polar surface area (TPSA) is 121 Å². The van der Waals surface area contributed by atoms with Crippen molar-refractivity contribution in [3.05, 3.63) is 25.4 Å². The van der Waals surface area contributed by atoms with Gasteiger partial charge in [0.2, 0.25) is 5.03 Å². The second-order valence-electron chi connectivity index (χ2n) is 2.59. The Labute approximate surface area is 68.0 Å². The summed E-state index contributed by atoms with van der Waals surface area (Å²) in [4.78, 5) is 17.9. The van der Waals surface area contributed by atoms with Crippen molar-refractivity contribution in [1.82, 2.24) is 5.53 Å². The summed E-state index contributed by atoms with van der Waals surface area (Å²) in [5.41, 5.74) is 2.04. The van der Waals surface area contributed by atoms with Crippen LogP contribution in [0.2, 0.25) is 0 Å². The first-order chi connectivity index (χ1) is 5.15. The molecule has 0 rings (SSSR count). The Kier molecular flexibility index (Phi) is 5.49. The monoisotopic (exact) mass is 182 g/mol. The molecule has 0 aliphatic carbocycles. The molecule has 0 aromatic carbocycles. The van der Waals surface area contributed by atoms with Gasteiger partial charge in [0.05, 0.1) is 26.2 Å². The van der Waals surface area contributed by atoms with Crippen molar-refractivity contribution < 1.29 is 14.7 Å². The molecule has 12 heavy (non-hydrogen) atoms. The van der Waals surface area contributed by atoms with Crippen LogP contribution in [-0.4, -0.2) is 35.9 Å². The average molecular weight is 182 g/mol. The summed E-state index contributed by atoms with van der Waals surface area (Å²) >= 11 is 0. The van der Waals surface area contributed by atoms with Gasteiger partial charge in [-0.05, 0) is 0 Å². The lowest BCUT2D eigenvalue weighted by atomic mass is 10.9. The SMILES string of the molecule is C[N+](C)(C)N[N+](=O)[O-].O=[N+]([O-])[O-]. The first-order valence-corrected chi connectivity index (χ1v) is 2.70. The maximum Gasteiger partial charge on any atom is 0.205 e. The lowest BCUT2D eigenvalue weighted by Crippen LogP contribution is -2.50. The third kappa shape index (κ3) is 40.1. The van der Waals surface area contributed by atoms with E-state index in [4.69, 9.17) is 15.3 Å². The molecule has 0 bridgehead atoms. The highest BCUT2D eigenvalue weighted by Gasteiger charge is 2.10. The molecule has 0 aromatic heterocycles. The normalized spacial score (nSPS) is 9.25. The smallest absolute Gasteiger partial charge is 0.205 e. The number of hydrazine groups is 1. The van der Waals surface area contributed by atoms with Crippen LogP contribution >= 0.6 is 0 Å². The quantitative estimate of drug-likeness (QED) is 0.337. The Morgan fingerprint density at radius 1 is 1.08 bits per heavy atom. The summed E-state index contributed by atoms with van der Waals surface area (Å²) in [7, 11) is 5.01. The largest absolute Gasteiger partial charge is 0.356 e. The van der Waals surface area contributed by atoms with Crippen molar-refractivity contribution in [1.29, 1.82) is 0 Å². The van der Waals surface area contributed by atoms with E-state index in [1.807, 2.05) is 5.53 Å². The number of hydrogen-bond donors (Lipinski definition) is 1. The summed E-state index contributed by atoms with van der Waals surface area (Å²) in [6.07, 6.45) is 0. The minimum absolute atomic E-state index is 0.132. The van der Waals surface area contributed by atoms with Gasteiger partial charge in [0, 0.05) is 5.53 Å². The van der Waals surface area contributed by atoms with Crippen LogP contribution in [0.15, 0.2) is 0 Å². The van der Waals surface area contributed by atoms with Gasteiger partial charge in [-0.25, -0.2) is 10.1 Å². The Hall–Kier alpha value is -1.64. The Bertz CT molecular complexity index is 159. The molecule has 0 aliphatic heterocycles. The van der Waals surface area contributed by atoms with Crippen LogP contribution in [0.4, 0.5) is 0 Å². The fourth-order valence-corrected chi connectivity index (χ4v) is 0.245. The minimum Gasteiger partial charge on any atom is -0.356 e. The summed E-state index contributed by atoms with van der Waals surface area (Å²) in [6.45, 7) is 0. The molecule has 0 heterocycles. The van der Waals surface area contributed by atoms with Gasteiger partial charge in [0.1, 0.15) is 0 Å². The van der Waals surface area contributed by atoms with E-state index in [1.54, 1.807) is 21.1 Å². The molecule has 1 N–H and O–H groups in total. The summed E-state index contributed by atoms with van der Waals surface area (Å²) in [5, 5.41) is 23.9. The van der Waals surface area contributed by atoms with E-state index in [1.165, 1.54) is 0 Å². The first kappa shape index (κ1) is 13.0. The molecule has 0 aliphatic rings. The Morgan fingerprint density at radius 3 is 1.33 bits per heavy atom. The average Bonchev–Trinajstić information content (AvgIpc) is 1.52. The predicted molar refractivity (Wildman–Crippen MR) is 38.5 cm³/mol. The molecule has 0 fully saturated rings. The Morgan fingerprint density at radius 2 is 1.33 bits per heavy atom. The third-order valence-electron chi connectivity index (χ3n) is 0.382. The molecule has 72 valence electrons. The molecule has 0 spiro atoms. The second-order valence-corrected chi connectivity index (χ2v) is 2.59. The minimum atomic E-state index is -1.75. The highest BCUT2D eigenvalue weighted by molar-refractivity contribution is 4.03. The van der Waals surface area contributed by atoms with Crippen LogP contribution in [-0.2, 0) is 0 Å². The fraction of sp³-hybridized carbons (Fsp3) is 1.00. The standard InChI is InChI=1S/C3H10N3O2.NO3/c1-6(2,3)4-5(7)8;2-1(3)4/h4H,1-3H3;/q+1;-1. The molecule has 0 atom stereocenters. The maximum absolute atomic E-state index is 9.69. The van der Waals surface area contributed by atoms with E-state index in [0.29, 0.717) is 0 Å². The van der Waals surface area contributed by atoms with Crippen LogP contribution in [0.5, 0.6) is 0 Å². The summed E-state index contributed by atoms with van der Waals surface area (Å²) < 4.78 is 0.132. The first-order valence-electron chi connectivity index (χ1n) is 2.70. The predicted octanol–water partition coefficient (Wildman–Crippen LogP) is -0.850. The number of quaternary nitrogens is 1. The van der Waals surface area contributed by atoms with Crippen molar-refractivity contribution in [2.45, 2.75) is 0 Å². The number of rotatable bonds is 2. The van der Waals surface area contributed by atoms with E-state index in [2.05, 4.69) is 0 Å². The molecule has 0 saturated carbocycles. The summed E-state index contributed by atoms with van der Waals surface area (Å²) in [6, 6.07) is 0. The van der Waals surface area contributed by atoms with Crippen molar-refractivity contribution >= 4 is 0 Å². The molecule has 0 unspecified atom stereocenters. The van der Waals surface area contributed by atoms with Crippen LogP contribution in [0.3, 0.4) is 0 Å². The number of nitrogens with one attached hydrogen (secondary N) is 1. The van der Waals surface area contributed by atoms with Gasteiger partial charge in [-0.3, -0.25) is 0 Å². The lowest BCUT2D eigenvalue weighted by molar-refractivity contribution is -1.01. The van der Waals surface area contributed by atoms with Gasteiger partial charge < -0.3 is 15.3 Å². The summed E-state index contributed by atoms with van der Waals surface area (Å²) in [5.74, 6) is 0. The molecule has 9 nitrogen and oxygen atoms in total. The molecule has 0 saturated heterocycles. The fourth-order valence-electron chi connectivity index (χ4n) is 0.245. The molecular formula is C3H10N4O5. The van der Waals surface area contributed by atoms with Gasteiger partial charge in [-0.15, -0.1) is 0 Å². The highest BCUT2D eigenvalue weighted by atomic mass is 16.9. The van der Waals surface area contributed by atoms with Crippen molar-refractivity contribution in [3.8, 4) is 0 Å². The van der Waals surface area contributed by atoms with Gasteiger partial charge >= 0.3 is 0 Å². The highest BCUT2D eigenvalue weighted by Crippen LogP contribution is 1.78. The molecule has 0 amide bonds. The van der Waals surface area contributed by atoms with E-state index in [-0.39, 0.29) is 4.59 Å². The number of hydrogen-bond acceptors (Lipinski definition) is 5. The van der Waals surface area contributed by atoms with E-state index in [9.17, 15) is 10.1 Å². The van der Waals surface area contributed by atoms with E-state index in [0.717, 1.165) is 0 Å². The van der Waals surface area contributed by atoms with Crippen molar-refractivity contribution in [2.75, 3.05) is 21.1 Å². The molecule has 0 radical (unpaired) electrons. The second kappa shape index (κ2) is 5.07. The molecular weight excluding hydrogens is 172 g/mol. The van der Waals surface area contributed by atoms with Crippen LogP contribution in [0, 0.1) is 25.4 Å². The number of nitro groups is 1. The van der Waals surface area contributed by atoms with Gasteiger partial charge in [-0.1, -0.05) is 0 Å². The van der Waals surface area contributed by atoms with Gasteiger partial charge in [0.15, 0.2) is 0 Å². The van der Waals surface area contributed by atoms with Crippen LogP contribution in [0.1, 0.15) is 0 Å².